The number of benzene rings is 1. The molecular formula is C11H14IN. The average molecular weight is 287 g/mol. The smallest absolute Gasteiger partial charge is 0.0300 e. The summed E-state index contributed by atoms with van der Waals surface area (Å²) in [5, 5.41) is 0. The van der Waals surface area contributed by atoms with Crippen LogP contribution in [-0.4, -0.2) is 0 Å². The van der Waals surface area contributed by atoms with Crippen molar-refractivity contribution in [2.75, 3.05) is 0 Å². The van der Waals surface area contributed by atoms with E-state index in [4.69, 9.17) is 5.73 Å². The summed E-state index contributed by atoms with van der Waals surface area (Å²) in [6.45, 7) is 2.19. The fourth-order valence-corrected chi connectivity index (χ4v) is 2.62. The topological polar surface area (TPSA) is 26.0 Å². The van der Waals surface area contributed by atoms with Crippen molar-refractivity contribution < 1.29 is 0 Å². The Morgan fingerprint density at radius 1 is 1.46 bits per heavy atom. The molecule has 0 heterocycles. The van der Waals surface area contributed by atoms with Crippen molar-refractivity contribution in [1.82, 2.24) is 0 Å². The Labute approximate surface area is 92.9 Å². The van der Waals surface area contributed by atoms with Crippen LogP contribution in [-0.2, 0) is 6.42 Å². The number of hydrogen-bond donors (Lipinski definition) is 1. The second-order valence-electron chi connectivity index (χ2n) is 3.74. The molecule has 0 aliphatic heterocycles. The van der Waals surface area contributed by atoms with Crippen LogP contribution >= 0.6 is 22.6 Å². The third-order valence-electron chi connectivity index (χ3n) is 2.87. The molecule has 2 N–H and O–H groups in total. The molecule has 0 saturated carbocycles. The molecule has 1 aliphatic rings. The van der Waals surface area contributed by atoms with E-state index in [1.165, 1.54) is 33.1 Å². The third-order valence-corrected chi connectivity index (χ3v) is 4.04. The molecule has 0 amide bonds. The highest BCUT2D eigenvalue weighted by atomic mass is 127. The quantitative estimate of drug-likeness (QED) is 0.729. The van der Waals surface area contributed by atoms with E-state index in [1.807, 2.05) is 0 Å². The predicted octanol–water partition coefficient (Wildman–Crippen LogP) is 2.94. The van der Waals surface area contributed by atoms with Crippen LogP contribution in [0.2, 0.25) is 0 Å². The van der Waals surface area contributed by atoms with Gasteiger partial charge in [0.15, 0.2) is 0 Å². The predicted molar refractivity (Wildman–Crippen MR) is 63.8 cm³/mol. The van der Waals surface area contributed by atoms with E-state index in [2.05, 4.69) is 41.6 Å². The lowest BCUT2D eigenvalue weighted by Crippen LogP contribution is -2.19. The van der Waals surface area contributed by atoms with Gasteiger partial charge in [-0.05, 0) is 71.5 Å². The molecule has 0 saturated heterocycles. The zero-order valence-corrected chi connectivity index (χ0v) is 9.97. The normalized spacial score (nSPS) is 21.3. The minimum atomic E-state index is 0.276. The number of rotatable bonds is 0. The van der Waals surface area contributed by atoms with Gasteiger partial charge in [-0.25, -0.2) is 0 Å². The summed E-state index contributed by atoms with van der Waals surface area (Å²) in [6.07, 6.45) is 3.60. The molecule has 2 rings (SSSR count). The number of halogens is 1. The van der Waals surface area contributed by atoms with Gasteiger partial charge in [-0.3, -0.25) is 0 Å². The monoisotopic (exact) mass is 287 g/mol. The first-order valence-corrected chi connectivity index (χ1v) is 5.81. The highest BCUT2D eigenvalue weighted by Gasteiger charge is 2.19. The van der Waals surface area contributed by atoms with E-state index >= 15 is 0 Å². The second kappa shape index (κ2) is 3.58. The first-order valence-electron chi connectivity index (χ1n) is 4.73. The van der Waals surface area contributed by atoms with Gasteiger partial charge in [-0.1, -0.05) is 6.07 Å². The van der Waals surface area contributed by atoms with Crippen molar-refractivity contribution in [2.24, 2.45) is 5.73 Å². The summed E-state index contributed by atoms with van der Waals surface area (Å²) < 4.78 is 1.34. The molecule has 1 atom stereocenters. The van der Waals surface area contributed by atoms with Gasteiger partial charge in [0, 0.05) is 9.61 Å². The van der Waals surface area contributed by atoms with Crippen LogP contribution in [0.5, 0.6) is 0 Å². The van der Waals surface area contributed by atoms with Gasteiger partial charge < -0.3 is 5.73 Å². The fraction of sp³-hybridized carbons (Fsp3) is 0.455. The maximum absolute atomic E-state index is 6.11. The summed E-state index contributed by atoms with van der Waals surface area (Å²) in [4.78, 5) is 0. The summed E-state index contributed by atoms with van der Waals surface area (Å²) >= 11 is 2.38. The molecule has 1 aliphatic carbocycles. The Hall–Kier alpha value is -0.0900. The molecule has 1 aromatic rings. The Kier molecular flexibility index (Phi) is 2.60. The van der Waals surface area contributed by atoms with E-state index in [9.17, 15) is 0 Å². The maximum Gasteiger partial charge on any atom is 0.0300 e. The molecule has 1 aromatic carbocycles. The lowest BCUT2D eigenvalue weighted by atomic mass is 9.85. The first kappa shape index (κ1) is 9.46. The van der Waals surface area contributed by atoms with Crippen molar-refractivity contribution >= 4 is 22.6 Å². The van der Waals surface area contributed by atoms with Crippen LogP contribution in [0.15, 0.2) is 12.1 Å². The van der Waals surface area contributed by atoms with Crippen molar-refractivity contribution in [1.29, 1.82) is 0 Å². The van der Waals surface area contributed by atoms with Crippen LogP contribution in [0.1, 0.15) is 35.6 Å². The molecule has 13 heavy (non-hydrogen) atoms. The minimum Gasteiger partial charge on any atom is -0.324 e. The number of nitrogens with two attached hydrogens (primary N) is 1. The minimum absolute atomic E-state index is 0.276. The zero-order chi connectivity index (χ0) is 9.42. The van der Waals surface area contributed by atoms with Crippen molar-refractivity contribution in [2.45, 2.75) is 32.2 Å². The third kappa shape index (κ3) is 1.62. The molecule has 1 unspecified atom stereocenters. The molecule has 0 spiro atoms. The molecule has 0 aromatic heterocycles. The Morgan fingerprint density at radius 3 is 3.00 bits per heavy atom. The van der Waals surface area contributed by atoms with Gasteiger partial charge in [0.2, 0.25) is 0 Å². The number of hydrogen-bond acceptors (Lipinski definition) is 1. The Bertz CT molecular complexity index is 333. The first-order chi connectivity index (χ1) is 6.20. The highest BCUT2D eigenvalue weighted by molar-refractivity contribution is 14.1. The SMILES string of the molecule is Cc1c(I)ccc2c1C(N)CCC2. The average Bonchev–Trinajstić information content (AvgIpc) is 2.12. The summed E-state index contributed by atoms with van der Waals surface area (Å²) in [5.41, 5.74) is 10.4. The summed E-state index contributed by atoms with van der Waals surface area (Å²) in [5.74, 6) is 0. The van der Waals surface area contributed by atoms with Crippen LogP contribution in [0.4, 0.5) is 0 Å². The summed E-state index contributed by atoms with van der Waals surface area (Å²) in [6, 6.07) is 4.72. The zero-order valence-electron chi connectivity index (χ0n) is 7.81. The molecule has 70 valence electrons. The van der Waals surface area contributed by atoms with Crippen LogP contribution in [0.3, 0.4) is 0 Å². The fourth-order valence-electron chi connectivity index (χ4n) is 2.15. The lowest BCUT2D eigenvalue weighted by Gasteiger charge is -2.24. The standard InChI is InChI=1S/C11H14IN/c1-7-9(12)6-5-8-3-2-4-10(13)11(7)8/h5-6,10H,2-4,13H2,1H3. The Morgan fingerprint density at radius 2 is 2.23 bits per heavy atom. The van der Waals surface area contributed by atoms with E-state index in [-0.39, 0.29) is 6.04 Å². The maximum atomic E-state index is 6.11. The lowest BCUT2D eigenvalue weighted by molar-refractivity contribution is 0.567. The molecular weight excluding hydrogens is 273 g/mol. The molecule has 1 nitrogen and oxygen atoms in total. The van der Waals surface area contributed by atoms with Gasteiger partial charge >= 0.3 is 0 Å². The van der Waals surface area contributed by atoms with E-state index in [0.29, 0.717) is 0 Å². The van der Waals surface area contributed by atoms with Gasteiger partial charge in [-0.2, -0.15) is 0 Å². The molecule has 0 fully saturated rings. The van der Waals surface area contributed by atoms with Crippen molar-refractivity contribution in [3.05, 3.63) is 32.4 Å². The van der Waals surface area contributed by atoms with Crippen LogP contribution in [0.25, 0.3) is 0 Å². The van der Waals surface area contributed by atoms with Gasteiger partial charge in [0.1, 0.15) is 0 Å². The van der Waals surface area contributed by atoms with Crippen LogP contribution < -0.4 is 5.73 Å². The molecule has 0 radical (unpaired) electrons. The Balaban J connectivity index is 2.58. The highest BCUT2D eigenvalue weighted by Crippen LogP contribution is 2.32. The second-order valence-corrected chi connectivity index (χ2v) is 4.91. The van der Waals surface area contributed by atoms with Gasteiger partial charge in [-0.15, -0.1) is 0 Å². The van der Waals surface area contributed by atoms with E-state index in [1.54, 1.807) is 0 Å². The molecule has 0 bridgehead atoms. The number of aryl methyl sites for hydroxylation is 1. The van der Waals surface area contributed by atoms with Gasteiger partial charge in [0.25, 0.3) is 0 Å². The summed E-state index contributed by atoms with van der Waals surface area (Å²) in [7, 11) is 0. The van der Waals surface area contributed by atoms with Crippen molar-refractivity contribution in [3.8, 4) is 0 Å². The largest absolute Gasteiger partial charge is 0.324 e. The van der Waals surface area contributed by atoms with E-state index < -0.39 is 0 Å². The van der Waals surface area contributed by atoms with Crippen LogP contribution in [0, 0.1) is 10.5 Å². The number of fused-ring (bicyclic) bond motifs is 1. The van der Waals surface area contributed by atoms with E-state index in [0.717, 1.165) is 6.42 Å². The van der Waals surface area contributed by atoms with Crippen molar-refractivity contribution in [3.63, 3.8) is 0 Å². The molecule has 2 heteroatoms. The van der Waals surface area contributed by atoms with Gasteiger partial charge in [0.05, 0.1) is 0 Å².